The van der Waals surface area contributed by atoms with Crippen molar-refractivity contribution in [2.45, 2.75) is 26.9 Å². The van der Waals surface area contributed by atoms with E-state index in [4.69, 9.17) is 25.8 Å². The molecule has 3 rings (SSSR count). The first-order chi connectivity index (χ1) is 15.2. The normalized spacial score (nSPS) is 12.2. The van der Waals surface area contributed by atoms with Gasteiger partial charge in [-0.1, -0.05) is 27.5 Å². The number of carbonyl (C=O) groups excluding carboxylic acids is 1. The third-order valence-electron chi connectivity index (χ3n) is 4.46. The van der Waals surface area contributed by atoms with Crippen LogP contribution in [0.5, 0.6) is 11.5 Å². The molecule has 168 valence electrons. The van der Waals surface area contributed by atoms with E-state index in [1.165, 1.54) is 18.0 Å². The molecule has 3 aromatic rings. The lowest BCUT2D eigenvalue weighted by Crippen LogP contribution is -2.26. The second-order valence-corrected chi connectivity index (χ2v) is 8.05. The highest BCUT2D eigenvalue weighted by molar-refractivity contribution is 9.10. The first kappa shape index (κ1) is 23.7. The number of halogens is 2. The largest absolute Gasteiger partial charge is 0.493 e. The lowest BCUT2D eigenvalue weighted by Gasteiger charge is -2.17. The van der Waals surface area contributed by atoms with Crippen LogP contribution in [0.25, 0.3) is 10.9 Å². The van der Waals surface area contributed by atoms with Gasteiger partial charge >= 0.3 is 5.97 Å². The summed E-state index contributed by atoms with van der Waals surface area (Å²) in [6.45, 7) is 5.21. The lowest BCUT2D eigenvalue weighted by molar-refractivity contribution is -0.150. The lowest BCUT2D eigenvalue weighted by atomic mass is 10.2. The third kappa shape index (κ3) is 5.11. The molecule has 0 N–H and O–H groups in total. The topological polar surface area (TPSA) is 92.0 Å². The molecule has 0 aliphatic heterocycles. The van der Waals surface area contributed by atoms with Crippen LogP contribution in [0.2, 0.25) is 5.02 Å². The smallest absolute Gasteiger partial charge is 0.347 e. The Morgan fingerprint density at radius 3 is 2.78 bits per heavy atom. The summed E-state index contributed by atoms with van der Waals surface area (Å²) < 4.78 is 18.0. The van der Waals surface area contributed by atoms with E-state index in [9.17, 15) is 9.59 Å². The van der Waals surface area contributed by atoms with Crippen molar-refractivity contribution in [1.29, 1.82) is 0 Å². The molecule has 1 aromatic heterocycles. The van der Waals surface area contributed by atoms with Crippen LogP contribution < -0.4 is 15.0 Å². The number of fused-ring (bicyclic) bond motifs is 1. The zero-order valence-corrected chi connectivity index (χ0v) is 20.2. The number of ether oxygens (including phenoxy) is 3. The second kappa shape index (κ2) is 10.1. The van der Waals surface area contributed by atoms with E-state index in [-0.39, 0.29) is 22.9 Å². The van der Waals surface area contributed by atoms with E-state index in [0.717, 1.165) is 4.47 Å². The van der Waals surface area contributed by atoms with E-state index in [1.54, 1.807) is 45.0 Å². The Bertz CT molecular complexity index is 1260. The van der Waals surface area contributed by atoms with Crippen molar-refractivity contribution in [1.82, 2.24) is 9.66 Å². The number of carbonyl (C=O) groups is 1. The predicted molar refractivity (Wildman–Crippen MR) is 126 cm³/mol. The number of aromatic nitrogens is 2. The molecule has 0 saturated heterocycles. The number of hydrogen-bond donors (Lipinski definition) is 0. The van der Waals surface area contributed by atoms with E-state index in [2.05, 4.69) is 26.0 Å². The van der Waals surface area contributed by atoms with Gasteiger partial charge in [-0.15, -0.1) is 0 Å². The summed E-state index contributed by atoms with van der Waals surface area (Å²) in [6, 6.07) is 8.51. The first-order valence-corrected chi connectivity index (χ1v) is 10.9. The summed E-state index contributed by atoms with van der Waals surface area (Å²) in [6.07, 6.45) is 0.595. The molecule has 0 aliphatic rings. The van der Waals surface area contributed by atoms with Gasteiger partial charge < -0.3 is 14.2 Å². The van der Waals surface area contributed by atoms with E-state index >= 15 is 0 Å². The van der Waals surface area contributed by atoms with Crippen LogP contribution in [0, 0.1) is 6.92 Å². The predicted octanol–water partition coefficient (Wildman–Crippen LogP) is 4.34. The molecule has 32 heavy (non-hydrogen) atoms. The van der Waals surface area contributed by atoms with Crippen molar-refractivity contribution in [3.05, 3.63) is 61.6 Å². The second-order valence-electron chi connectivity index (χ2n) is 6.73. The fraction of sp³-hybridized carbons (Fsp3) is 0.273. The summed E-state index contributed by atoms with van der Waals surface area (Å²) in [4.78, 5) is 29.2. The minimum Gasteiger partial charge on any atom is -0.493 e. The van der Waals surface area contributed by atoms with Gasteiger partial charge in [-0.2, -0.15) is 9.78 Å². The summed E-state index contributed by atoms with van der Waals surface area (Å²) in [5.74, 6) is 0.432. The summed E-state index contributed by atoms with van der Waals surface area (Å²) in [5.41, 5.74) is 0.846. The molecule has 2 aromatic carbocycles. The summed E-state index contributed by atoms with van der Waals surface area (Å²) >= 11 is 9.74. The van der Waals surface area contributed by atoms with Gasteiger partial charge in [0.1, 0.15) is 5.82 Å². The van der Waals surface area contributed by atoms with Gasteiger partial charge in [-0.25, -0.2) is 9.78 Å². The van der Waals surface area contributed by atoms with E-state index in [1.807, 2.05) is 6.07 Å². The Morgan fingerprint density at radius 1 is 1.34 bits per heavy atom. The molecule has 0 spiro atoms. The maximum absolute atomic E-state index is 12.9. The van der Waals surface area contributed by atoms with Crippen molar-refractivity contribution in [2.24, 2.45) is 5.10 Å². The molecule has 8 nitrogen and oxygen atoms in total. The van der Waals surface area contributed by atoms with Gasteiger partial charge in [-0.05, 0) is 56.7 Å². The van der Waals surface area contributed by atoms with E-state index < -0.39 is 12.1 Å². The highest BCUT2D eigenvalue weighted by Gasteiger charge is 2.20. The molecule has 0 saturated carbocycles. The molecule has 10 heteroatoms. The Hall–Kier alpha value is -2.91. The maximum Gasteiger partial charge on any atom is 0.347 e. The van der Waals surface area contributed by atoms with E-state index in [0.29, 0.717) is 28.0 Å². The van der Waals surface area contributed by atoms with Gasteiger partial charge in [0.05, 0.1) is 35.9 Å². The Morgan fingerprint density at radius 2 is 2.09 bits per heavy atom. The van der Waals surface area contributed by atoms with Crippen LogP contribution in [0.3, 0.4) is 0 Å². The highest BCUT2D eigenvalue weighted by atomic mass is 79.9. The fourth-order valence-electron chi connectivity index (χ4n) is 2.93. The monoisotopic (exact) mass is 521 g/mol. The number of aryl methyl sites for hydroxylation is 1. The average Bonchev–Trinajstić information content (AvgIpc) is 2.75. The zero-order valence-electron chi connectivity index (χ0n) is 17.9. The number of esters is 1. The Labute approximate surface area is 197 Å². The third-order valence-corrected chi connectivity index (χ3v) is 5.23. The summed E-state index contributed by atoms with van der Waals surface area (Å²) in [5, 5.41) is 4.94. The van der Waals surface area contributed by atoms with Crippen LogP contribution in [0.15, 0.2) is 44.7 Å². The standard InChI is InChI=1S/C22H21BrClN3O5/c1-5-31-22(29)12(2)32-20-17(24)8-14(9-19(20)30-4)11-25-27-13(3)26-18-7-6-15(23)10-16(18)21(27)28/h6-12H,5H2,1-4H3/t12-/m0/s1. The van der Waals surface area contributed by atoms with Crippen LogP contribution in [-0.2, 0) is 9.53 Å². The van der Waals surface area contributed by atoms with Crippen molar-refractivity contribution < 1.29 is 19.0 Å². The molecule has 0 radical (unpaired) electrons. The zero-order chi connectivity index (χ0) is 23.4. The van der Waals surface area contributed by atoms with Crippen molar-refractivity contribution in [3.8, 4) is 11.5 Å². The number of methoxy groups -OCH3 is 1. The molecule has 0 amide bonds. The molecule has 0 bridgehead atoms. The van der Waals surface area contributed by atoms with Crippen molar-refractivity contribution in [2.75, 3.05) is 13.7 Å². The molecular weight excluding hydrogens is 502 g/mol. The van der Waals surface area contributed by atoms with Crippen LogP contribution >= 0.6 is 27.5 Å². The van der Waals surface area contributed by atoms with Gasteiger partial charge in [0.2, 0.25) is 0 Å². The SMILES string of the molecule is CCOC(=O)[C@H](C)Oc1c(Cl)cc(C=Nn2c(C)nc3ccc(Br)cc3c2=O)cc1OC. The van der Waals surface area contributed by atoms with Gasteiger partial charge in [0, 0.05) is 4.47 Å². The number of rotatable bonds is 7. The molecule has 1 heterocycles. The minimum atomic E-state index is -0.870. The summed E-state index contributed by atoms with van der Waals surface area (Å²) in [7, 11) is 1.45. The van der Waals surface area contributed by atoms with Crippen molar-refractivity contribution >= 4 is 50.6 Å². The van der Waals surface area contributed by atoms with Crippen LogP contribution in [0.1, 0.15) is 25.2 Å². The maximum atomic E-state index is 12.9. The first-order valence-electron chi connectivity index (χ1n) is 9.69. The van der Waals surface area contributed by atoms with Gasteiger partial charge in [-0.3, -0.25) is 4.79 Å². The molecular formula is C22H21BrClN3O5. The molecule has 0 fully saturated rings. The highest BCUT2D eigenvalue weighted by Crippen LogP contribution is 2.37. The molecule has 0 aliphatic carbocycles. The Kier molecular flexibility index (Phi) is 7.52. The van der Waals surface area contributed by atoms with Gasteiger partial charge in [0.25, 0.3) is 5.56 Å². The number of nitrogens with zero attached hydrogens (tertiary/aromatic N) is 3. The average molecular weight is 523 g/mol. The minimum absolute atomic E-state index is 0.206. The molecule has 1 atom stereocenters. The Balaban J connectivity index is 1.95. The number of hydrogen-bond acceptors (Lipinski definition) is 7. The quantitative estimate of drug-likeness (QED) is 0.339. The fourth-order valence-corrected chi connectivity index (χ4v) is 3.56. The van der Waals surface area contributed by atoms with Gasteiger partial charge in [0.15, 0.2) is 17.6 Å². The molecule has 0 unspecified atom stereocenters. The van der Waals surface area contributed by atoms with Crippen LogP contribution in [0.4, 0.5) is 0 Å². The number of benzene rings is 2. The van der Waals surface area contributed by atoms with Crippen molar-refractivity contribution in [3.63, 3.8) is 0 Å². The van der Waals surface area contributed by atoms with Crippen LogP contribution in [-0.4, -0.2) is 41.7 Å².